The molecule has 0 saturated heterocycles. The van der Waals surface area contributed by atoms with Gasteiger partial charge in [0.2, 0.25) is 5.91 Å². The summed E-state index contributed by atoms with van der Waals surface area (Å²) >= 11 is 0. The Morgan fingerprint density at radius 1 is 0.800 bits per heavy atom. The number of rotatable bonds is 18. The predicted octanol–water partition coefficient (Wildman–Crippen LogP) is 5.16. The van der Waals surface area contributed by atoms with Crippen molar-refractivity contribution in [1.29, 1.82) is 0 Å². The van der Waals surface area contributed by atoms with Gasteiger partial charge in [0.15, 0.2) is 23.8 Å². The van der Waals surface area contributed by atoms with Crippen LogP contribution in [0.25, 0.3) is 11.1 Å². The zero-order valence-electron chi connectivity index (χ0n) is 33.3. The maximum atomic E-state index is 14.5. The van der Waals surface area contributed by atoms with E-state index in [1.54, 1.807) is 0 Å². The maximum absolute atomic E-state index is 14.5. The lowest BCUT2D eigenvalue weighted by Gasteiger charge is -2.28. The minimum Gasteiger partial charge on any atom is -0.479 e. The molecule has 0 aliphatic heterocycles. The molecule has 3 aromatic carbocycles. The molecule has 2 unspecified atom stereocenters. The van der Waals surface area contributed by atoms with Crippen LogP contribution in [0, 0.1) is 11.6 Å². The van der Waals surface area contributed by atoms with Crippen molar-refractivity contribution in [2.75, 3.05) is 32.7 Å². The Bertz CT molecular complexity index is 2120. The molecule has 17 heteroatoms. The van der Waals surface area contributed by atoms with Crippen LogP contribution in [0.5, 0.6) is 0 Å². The fourth-order valence-electron chi connectivity index (χ4n) is 6.88. The molecule has 1 aromatic heterocycles. The third-order valence-corrected chi connectivity index (χ3v) is 10.4. The molecule has 2 atom stereocenters. The number of halogens is 5. The van der Waals surface area contributed by atoms with Gasteiger partial charge in [0, 0.05) is 37.3 Å². The number of carboxylic acid groups (broad SMARTS) is 2. The lowest BCUT2D eigenvalue weighted by atomic mass is 10.0. The maximum Gasteiger partial charge on any atom is 0.416 e. The van der Waals surface area contributed by atoms with Crippen LogP contribution < -0.4 is 5.56 Å². The number of likely N-dealkylation sites (N-methyl/N-ethyl adjacent to an activating group) is 1. The van der Waals surface area contributed by atoms with E-state index in [-0.39, 0.29) is 36.4 Å². The molecule has 0 radical (unpaired) electrons. The van der Waals surface area contributed by atoms with E-state index in [1.165, 1.54) is 24.3 Å². The summed E-state index contributed by atoms with van der Waals surface area (Å²) in [4.78, 5) is 54.9. The van der Waals surface area contributed by atoms with Gasteiger partial charge in [0.05, 0.1) is 5.56 Å². The van der Waals surface area contributed by atoms with Crippen molar-refractivity contribution < 1.29 is 56.8 Å². The van der Waals surface area contributed by atoms with Crippen LogP contribution in [0.4, 0.5) is 22.0 Å². The third-order valence-electron chi connectivity index (χ3n) is 10.4. The standard InChI is InChI=1S/C39H43F5N4O2.C4H6O6/c1-3-46(4-2)24-25-47(23-7-8-27-13-15-28(16-14-27)29-17-20-31(21-18-29)39(42,43)44)36(49)26-48-34-12-6-10-32(34)38(50)45-35(48)22-19-30-9-5-11-33(40)37(30)41;5-1(3(7)8)2(6)4(9)10/h5,9,11,13-18,20-21H,3-4,6-8,10,12,19,22-26H2,1-2H3;1-2,5-6H,(H,7,8)(H,9,10). The molecule has 1 aliphatic carbocycles. The van der Waals surface area contributed by atoms with E-state index >= 15 is 0 Å². The van der Waals surface area contributed by atoms with Crippen LogP contribution in [-0.2, 0) is 59.2 Å². The summed E-state index contributed by atoms with van der Waals surface area (Å²) in [5.41, 5.74) is 3.15. The normalized spacial score (nSPS) is 13.3. The van der Waals surface area contributed by atoms with Crippen LogP contribution in [0.1, 0.15) is 60.5 Å². The van der Waals surface area contributed by atoms with E-state index < -0.39 is 47.5 Å². The smallest absolute Gasteiger partial charge is 0.416 e. The second kappa shape index (κ2) is 21.7. The van der Waals surface area contributed by atoms with Crippen molar-refractivity contribution in [2.45, 2.75) is 83.7 Å². The van der Waals surface area contributed by atoms with E-state index in [4.69, 9.17) is 20.4 Å². The number of aliphatic hydroxyl groups excluding tert-OH is 2. The highest BCUT2D eigenvalue weighted by Gasteiger charge is 2.31. The van der Waals surface area contributed by atoms with Gasteiger partial charge in [-0.25, -0.2) is 18.4 Å². The van der Waals surface area contributed by atoms with Crippen molar-refractivity contribution in [3.05, 3.63) is 122 Å². The summed E-state index contributed by atoms with van der Waals surface area (Å²) in [6, 6.07) is 16.8. The molecular weight excluding hydrogens is 795 g/mol. The minimum atomic E-state index is -4.38. The Balaban J connectivity index is 0.000000703. The van der Waals surface area contributed by atoms with Gasteiger partial charge < -0.3 is 34.8 Å². The molecule has 1 aliphatic rings. The first-order valence-electron chi connectivity index (χ1n) is 19.6. The minimum absolute atomic E-state index is 0.00332. The molecule has 4 aromatic rings. The van der Waals surface area contributed by atoms with Crippen molar-refractivity contribution in [3.8, 4) is 11.1 Å². The number of aliphatic hydroxyl groups is 2. The molecule has 324 valence electrons. The first-order chi connectivity index (χ1) is 28.4. The zero-order chi connectivity index (χ0) is 44.1. The number of carbonyl (C=O) groups is 3. The number of fused-ring (bicyclic) bond motifs is 1. The van der Waals surface area contributed by atoms with E-state index in [1.807, 2.05) is 33.7 Å². The number of aliphatic carboxylic acids is 2. The average Bonchev–Trinajstić information content (AvgIpc) is 3.73. The number of alkyl halides is 3. The number of carboxylic acids is 2. The second-order valence-corrected chi connectivity index (χ2v) is 14.3. The summed E-state index contributed by atoms with van der Waals surface area (Å²) in [6.45, 7) is 7.57. The Labute approximate surface area is 343 Å². The third kappa shape index (κ3) is 12.7. The average molecular weight is 845 g/mol. The van der Waals surface area contributed by atoms with Gasteiger partial charge in [-0.2, -0.15) is 18.2 Å². The number of aryl methyl sites for hydroxylation is 3. The fourth-order valence-corrected chi connectivity index (χ4v) is 6.88. The Hall–Kier alpha value is -5.52. The molecule has 60 heavy (non-hydrogen) atoms. The highest BCUT2D eigenvalue weighted by molar-refractivity contribution is 5.83. The zero-order valence-corrected chi connectivity index (χ0v) is 33.3. The molecule has 5 rings (SSSR count). The summed E-state index contributed by atoms with van der Waals surface area (Å²) in [6.07, 6.45) is -5.20. The van der Waals surface area contributed by atoms with Gasteiger partial charge in [0.1, 0.15) is 12.4 Å². The molecule has 12 nitrogen and oxygen atoms in total. The van der Waals surface area contributed by atoms with Gasteiger partial charge >= 0.3 is 18.1 Å². The molecule has 0 saturated carbocycles. The van der Waals surface area contributed by atoms with Crippen molar-refractivity contribution in [1.82, 2.24) is 19.4 Å². The monoisotopic (exact) mass is 844 g/mol. The van der Waals surface area contributed by atoms with Gasteiger partial charge in [-0.1, -0.05) is 62.4 Å². The van der Waals surface area contributed by atoms with Crippen LogP contribution in [0.2, 0.25) is 0 Å². The van der Waals surface area contributed by atoms with Gasteiger partial charge in [-0.3, -0.25) is 9.59 Å². The van der Waals surface area contributed by atoms with E-state index in [2.05, 4.69) is 23.7 Å². The number of hydrogen-bond donors (Lipinski definition) is 4. The van der Waals surface area contributed by atoms with E-state index in [9.17, 15) is 41.1 Å². The molecule has 4 N–H and O–H groups in total. The molecule has 1 heterocycles. The number of nitrogens with zero attached hydrogens (tertiary/aromatic N) is 4. The lowest BCUT2D eigenvalue weighted by Crippen LogP contribution is -2.41. The molecule has 0 spiro atoms. The Morgan fingerprint density at radius 3 is 1.97 bits per heavy atom. The van der Waals surface area contributed by atoms with Crippen LogP contribution >= 0.6 is 0 Å². The van der Waals surface area contributed by atoms with E-state index in [0.717, 1.165) is 54.5 Å². The van der Waals surface area contributed by atoms with Crippen molar-refractivity contribution >= 4 is 17.8 Å². The van der Waals surface area contributed by atoms with Gasteiger partial charge in [-0.15, -0.1) is 0 Å². The fraction of sp³-hybridized carbons (Fsp3) is 0.419. The number of amides is 1. The highest BCUT2D eigenvalue weighted by atomic mass is 19.4. The number of hydrogen-bond acceptors (Lipinski definition) is 8. The molecular formula is C43H49F5N4O8. The summed E-state index contributed by atoms with van der Waals surface area (Å²) in [5, 5.41) is 32.5. The molecule has 0 fully saturated rings. The molecule has 0 bridgehead atoms. The Morgan fingerprint density at radius 2 is 1.40 bits per heavy atom. The largest absolute Gasteiger partial charge is 0.479 e. The van der Waals surface area contributed by atoms with Crippen LogP contribution in [-0.4, -0.2) is 103 Å². The summed E-state index contributed by atoms with van der Waals surface area (Å²) in [5.74, 6) is -5.10. The van der Waals surface area contributed by atoms with Crippen LogP contribution in [0.15, 0.2) is 71.5 Å². The van der Waals surface area contributed by atoms with Crippen LogP contribution in [0.3, 0.4) is 0 Å². The van der Waals surface area contributed by atoms with Crippen molar-refractivity contribution in [2.24, 2.45) is 0 Å². The number of carbonyl (C=O) groups excluding carboxylic acids is 1. The number of aromatic nitrogens is 2. The SMILES string of the molecule is CCN(CC)CCN(CCCc1ccc(-c2ccc(C(F)(F)F)cc2)cc1)C(=O)Cn1c(CCc2cccc(F)c2F)nc(=O)c2c1CCC2.O=C(O)C(O)C(O)C(=O)O. The topological polar surface area (TPSA) is 174 Å². The molecule has 1 amide bonds. The first-order valence-corrected chi connectivity index (χ1v) is 19.6. The lowest BCUT2D eigenvalue weighted by molar-refractivity contribution is -0.165. The number of benzene rings is 3. The summed E-state index contributed by atoms with van der Waals surface area (Å²) < 4.78 is 69.1. The second-order valence-electron chi connectivity index (χ2n) is 14.3. The van der Waals surface area contributed by atoms with Crippen molar-refractivity contribution in [3.63, 3.8) is 0 Å². The quantitative estimate of drug-likeness (QED) is 0.0981. The van der Waals surface area contributed by atoms with Gasteiger partial charge in [-0.05, 0) is 92.1 Å². The first kappa shape index (κ1) is 47.2. The Kier molecular flexibility index (Phi) is 17.0. The predicted molar refractivity (Wildman–Crippen MR) is 211 cm³/mol. The highest BCUT2D eigenvalue weighted by Crippen LogP contribution is 2.31. The summed E-state index contributed by atoms with van der Waals surface area (Å²) in [7, 11) is 0. The van der Waals surface area contributed by atoms with E-state index in [0.29, 0.717) is 62.3 Å². The van der Waals surface area contributed by atoms with Gasteiger partial charge in [0.25, 0.3) is 5.56 Å².